The molecule has 1 rings (SSSR count). The predicted molar refractivity (Wildman–Crippen MR) is 64.1 cm³/mol. The molecule has 3 N–H and O–H groups in total. The molecule has 0 saturated heterocycles. The lowest BCUT2D eigenvalue weighted by atomic mass is 10.1. The van der Waals surface area contributed by atoms with E-state index in [1.54, 1.807) is 11.8 Å². The maximum atomic E-state index is 11.5. The van der Waals surface area contributed by atoms with Crippen molar-refractivity contribution in [2.45, 2.75) is 11.3 Å². The van der Waals surface area contributed by atoms with Crippen molar-refractivity contribution >= 4 is 23.6 Å². The van der Waals surface area contributed by atoms with E-state index in [4.69, 9.17) is 5.73 Å². The molecule has 16 heavy (non-hydrogen) atoms. The molecule has 0 saturated carbocycles. The van der Waals surface area contributed by atoms with Gasteiger partial charge in [-0.1, -0.05) is 18.2 Å². The lowest BCUT2D eigenvalue weighted by Crippen LogP contribution is -2.34. The van der Waals surface area contributed by atoms with E-state index in [0.717, 1.165) is 10.5 Å². The summed E-state index contributed by atoms with van der Waals surface area (Å²) in [4.78, 5) is 23.0. The summed E-state index contributed by atoms with van der Waals surface area (Å²) in [6.07, 6.45) is 2.23. The van der Waals surface area contributed by atoms with Gasteiger partial charge < -0.3 is 11.1 Å². The van der Waals surface area contributed by atoms with Gasteiger partial charge in [0, 0.05) is 4.90 Å². The Morgan fingerprint density at radius 2 is 2.06 bits per heavy atom. The van der Waals surface area contributed by atoms with Crippen LogP contribution >= 0.6 is 11.8 Å². The summed E-state index contributed by atoms with van der Waals surface area (Å²) in [5.74, 6) is -0.730. The van der Waals surface area contributed by atoms with Crippen LogP contribution in [-0.2, 0) is 16.0 Å². The lowest BCUT2D eigenvalue weighted by molar-refractivity contribution is -0.124. The molecule has 0 heterocycles. The van der Waals surface area contributed by atoms with Crippen molar-refractivity contribution in [2.24, 2.45) is 5.73 Å². The van der Waals surface area contributed by atoms with Gasteiger partial charge in [-0.25, -0.2) is 0 Å². The van der Waals surface area contributed by atoms with Gasteiger partial charge in [0.2, 0.25) is 11.8 Å². The topological polar surface area (TPSA) is 72.2 Å². The molecule has 1 aromatic carbocycles. The Hall–Kier alpha value is -1.49. The summed E-state index contributed by atoms with van der Waals surface area (Å²) in [6.45, 7) is -0.111. The molecule has 0 spiro atoms. The Morgan fingerprint density at radius 3 is 2.69 bits per heavy atom. The monoisotopic (exact) mass is 238 g/mol. The van der Waals surface area contributed by atoms with Gasteiger partial charge >= 0.3 is 0 Å². The van der Waals surface area contributed by atoms with Gasteiger partial charge in [0.25, 0.3) is 0 Å². The third kappa shape index (κ3) is 3.94. The lowest BCUT2D eigenvalue weighted by Gasteiger charge is -2.06. The van der Waals surface area contributed by atoms with E-state index < -0.39 is 5.91 Å². The maximum Gasteiger partial charge on any atom is 0.236 e. The fourth-order valence-electron chi connectivity index (χ4n) is 1.27. The highest BCUT2D eigenvalue weighted by Gasteiger charge is 2.07. The van der Waals surface area contributed by atoms with Crippen molar-refractivity contribution < 1.29 is 9.59 Å². The van der Waals surface area contributed by atoms with Gasteiger partial charge in [-0.15, -0.1) is 11.8 Å². The Morgan fingerprint density at radius 1 is 1.38 bits per heavy atom. The highest BCUT2D eigenvalue weighted by Crippen LogP contribution is 2.19. The largest absolute Gasteiger partial charge is 0.368 e. The highest BCUT2D eigenvalue weighted by molar-refractivity contribution is 7.98. The number of carbonyl (C=O) groups is 2. The average molecular weight is 238 g/mol. The zero-order chi connectivity index (χ0) is 12.0. The number of rotatable bonds is 5. The van der Waals surface area contributed by atoms with E-state index in [1.807, 2.05) is 30.5 Å². The summed E-state index contributed by atoms with van der Waals surface area (Å²) in [6, 6.07) is 7.67. The Labute approximate surface area is 98.6 Å². The van der Waals surface area contributed by atoms with E-state index in [0.29, 0.717) is 0 Å². The van der Waals surface area contributed by atoms with Crippen LogP contribution < -0.4 is 11.1 Å². The minimum absolute atomic E-state index is 0.111. The fourth-order valence-corrected chi connectivity index (χ4v) is 1.89. The summed E-state index contributed by atoms with van der Waals surface area (Å²) >= 11 is 1.59. The van der Waals surface area contributed by atoms with Crippen molar-refractivity contribution in [3.8, 4) is 0 Å². The van der Waals surface area contributed by atoms with Gasteiger partial charge in [-0.2, -0.15) is 0 Å². The van der Waals surface area contributed by atoms with Crippen molar-refractivity contribution in [3.05, 3.63) is 29.8 Å². The Balaban J connectivity index is 2.58. The molecule has 0 aromatic heterocycles. The van der Waals surface area contributed by atoms with E-state index in [9.17, 15) is 9.59 Å². The summed E-state index contributed by atoms with van der Waals surface area (Å²) in [5.41, 5.74) is 5.89. The number of thioether (sulfide) groups is 1. The number of carbonyl (C=O) groups excluding carboxylic acids is 2. The molecule has 0 fully saturated rings. The molecular weight excluding hydrogens is 224 g/mol. The van der Waals surface area contributed by atoms with Crippen LogP contribution in [0.15, 0.2) is 29.2 Å². The first-order valence-electron chi connectivity index (χ1n) is 4.80. The molecule has 0 atom stereocenters. The van der Waals surface area contributed by atoms with Crippen LogP contribution in [0, 0.1) is 0 Å². The standard InChI is InChI=1S/C11H14N2O2S/c1-16-9-5-3-2-4-8(9)6-11(15)13-7-10(12)14/h2-5H,6-7H2,1H3,(H2,12,14)(H,13,15). The zero-order valence-corrected chi connectivity index (χ0v) is 9.84. The van der Waals surface area contributed by atoms with Crippen LogP contribution in [0.25, 0.3) is 0 Å². The molecule has 0 aliphatic carbocycles. The Kier molecular flexibility index (Phi) is 4.85. The minimum Gasteiger partial charge on any atom is -0.368 e. The van der Waals surface area contributed by atoms with Crippen LogP contribution in [0.5, 0.6) is 0 Å². The van der Waals surface area contributed by atoms with Crippen LogP contribution in [-0.4, -0.2) is 24.6 Å². The number of nitrogens with one attached hydrogen (secondary N) is 1. The van der Waals surface area contributed by atoms with Crippen LogP contribution in [0.4, 0.5) is 0 Å². The van der Waals surface area contributed by atoms with E-state index in [1.165, 1.54) is 0 Å². The third-order valence-electron chi connectivity index (χ3n) is 2.00. The van der Waals surface area contributed by atoms with Crippen molar-refractivity contribution in [1.82, 2.24) is 5.32 Å². The first kappa shape index (κ1) is 12.6. The molecular formula is C11H14N2O2S. The van der Waals surface area contributed by atoms with Crippen LogP contribution in [0.2, 0.25) is 0 Å². The quantitative estimate of drug-likeness (QED) is 0.736. The smallest absolute Gasteiger partial charge is 0.236 e. The Bertz CT molecular complexity index is 393. The number of benzene rings is 1. The predicted octanol–water partition coefficient (Wildman–Crippen LogP) is 0.552. The molecule has 0 radical (unpaired) electrons. The van der Waals surface area contributed by atoms with Gasteiger partial charge in [0.1, 0.15) is 0 Å². The number of primary amides is 1. The average Bonchev–Trinajstić information content (AvgIpc) is 2.27. The normalized spacial score (nSPS) is 9.81. The minimum atomic E-state index is -0.536. The SMILES string of the molecule is CSc1ccccc1CC(=O)NCC(N)=O. The number of hydrogen-bond donors (Lipinski definition) is 2. The summed E-state index contributed by atoms with van der Waals surface area (Å²) < 4.78 is 0. The van der Waals surface area contributed by atoms with Gasteiger partial charge in [-0.3, -0.25) is 9.59 Å². The molecule has 86 valence electrons. The molecule has 0 unspecified atom stereocenters. The summed E-state index contributed by atoms with van der Waals surface area (Å²) in [7, 11) is 0. The van der Waals surface area contributed by atoms with Crippen molar-refractivity contribution in [3.63, 3.8) is 0 Å². The van der Waals surface area contributed by atoms with Crippen LogP contribution in [0.3, 0.4) is 0 Å². The molecule has 5 heteroatoms. The van der Waals surface area contributed by atoms with Gasteiger partial charge in [0.15, 0.2) is 0 Å². The molecule has 0 aliphatic heterocycles. The third-order valence-corrected chi connectivity index (χ3v) is 2.84. The molecule has 0 bridgehead atoms. The number of amides is 2. The molecule has 2 amide bonds. The molecule has 1 aromatic rings. The first-order chi connectivity index (χ1) is 7.63. The number of nitrogens with two attached hydrogens (primary N) is 1. The second-order valence-electron chi connectivity index (χ2n) is 3.23. The summed E-state index contributed by atoms with van der Waals surface area (Å²) in [5, 5.41) is 2.46. The maximum absolute atomic E-state index is 11.5. The van der Waals surface area contributed by atoms with E-state index in [2.05, 4.69) is 5.32 Å². The highest BCUT2D eigenvalue weighted by atomic mass is 32.2. The molecule has 4 nitrogen and oxygen atoms in total. The first-order valence-corrected chi connectivity index (χ1v) is 6.03. The fraction of sp³-hybridized carbons (Fsp3) is 0.273. The zero-order valence-electron chi connectivity index (χ0n) is 9.03. The second-order valence-corrected chi connectivity index (χ2v) is 4.08. The number of hydrogen-bond acceptors (Lipinski definition) is 3. The van der Waals surface area contributed by atoms with Crippen molar-refractivity contribution in [2.75, 3.05) is 12.8 Å². The second kappa shape index (κ2) is 6.17. The van der Waals surface area contributed by atoms with Crippen LogP contribution in [0.1, 0.15) is 5.56 Å². The molecule has 0 aliphatic rings. The van der Waals surface area contributed by atoms with Crippen molar-refractivity contribution in [1.29, 1.82) is 0 Å². The van der Waals surface area contributed by atoms with E-state index in [-0.39, 0.29) is 18.9 Å². The van der Waals surface area contributed by atoms with Gasteiger partial charge in [0.05, 0.1) is 13.0 Å². The van der Waals surface area contributed by atoms with Gasteiger partial charge in [-0.05, 0) is 17.9 Å². The van der Waals surface area contributed by atoms with E-state index >= 15 is 0 Å².